The van der Waals surface area contributed by atoms with Crippen LogP contribution in [0.5, 0.6) is 0 Å². The summed E-state index contributed by atoms with van der Waals surface area (Å²) in [6, 6.07) is -0.303. The van der Waals surface area contributed by atoms with Gasteiger partial charge in [-0.2, -0.15) is 0 Å². The quantitative estimate of drug-likeness (QED) is 0.695. The third-order valence-electron chi connectivity index (χ3n) is 3.91. The van der Waals surface area contributed by atoms with Gasteiger partial charge >= 0.3 is 6.03 Å². The smallest absolute Gasteiger partial charge is 0.325 e. The Morgan fingerprint density at radius 3 is 2.69 bits per heavy atom. The van der Waals surface area contributed by atoms with Crippen LogP contribution in [-0.2, 0) is 9.53 Å². The zero-order valence-corrected chi connectivity index (χ0v) is 9.36. The van der Waals surface area contributed by atoms with Gasteiger partial charge in [-0.15, -0.1) is 0 Å². The zero-order chi connectivity index (χ0) is 11.3. The molecule has 0 aromatic rings. The first-order chi connectivity index (χ1) is 7.63. The maximum absolute atomic E-state index is 12.3. The molecule has 0 spiro atoms. The van der Waals surface area contributed by atoms with Gasteiger partial charge in [0.25, 0.3) is 5.91 Å². The molecule has 16 heavy (non-hydrogen) atoms. The molecule has 3 rings (SSSR count). The van der Waals surface area contributed by atoms with Gasteiger partial charge in [-0.05, 0) is 32.1 Å². The van der Waals surface area contributed by atoms with E-state index in [1.165, 1.54) is 4.90 Å². The lowest BCUT2D eigenvalue weighted by atomic mass is 9.96. The number of urea groups is 1. The summed E-state index contributed by atoms with van der Waals surface area (Å²) in [7, 11) is 0. The molecule has 2 heterocycles. The molecule has 0 aromatic carbocycles. The van der Waals surface area contributed by atoms with Gasteiger partial charge < -0.3 is 10.1 Å². The Labute approximate surface area is 94.1 Å². The fourth-order valence-corrected chi connectivity index (χ4v) is 2.67. The fraction of sp³-hybridized carbons (Fsp3) is 0.818. The van der Waals surface area contributed by atoms with E-state index in [0.717, 1.165) is 19.3 Å². The Balaban J connectivity index is 1.84. The predicted molar refractivity (Wildman–Crippen MR) is 55.7 cm³/mol. The van der Waals surface area contributed by atoms with Crippen LogP contribution >= 0.6 is 0 Å². The van der Waals surface area contributed by atoms with Crippen molar-refractivity contribution in [2.75, 3.05) is 13.2 Å². The molecule has 1 saturated carbocycles. The standard InChI is InChI=1S/C11H16N2O3/c1-11(7-2-3-7)9(14)13(10(15)12-11)8-4-5-16-6-8/h7-8H,2-6H2,1H3,(H,12,15). The first-order valence-corrected chi connectivity index (χ1v) is 5.86. The molecule has 2 saturated heterocycles. The van der Waals surface area contributed by atoms with Gasteiger partial charge in [0.05, 0.1) is 12.6 Å². The molecule has 3 aliphatic rings. The van der Waals surface area contributed by atoms with Gasteiger partial charge in [-0.25, -0.2) is 4.79 Å². The van der Waals surface area contributed by atoms with Gasteiger partial charge in [0, 0.05) is 6.61 Å². The highest BCUT2D eigenvalue weighted by Crippen LogP contribution is 2.43. The minimum Gasteiger partial charge on any atom is -0.379 e. The van der Waals surface area contributed by atoms with Crippen molar-refractivity contribution in [2.24, 2.45) is 5.92 Å². The van der Waals surface area contributed by atoms with Crippen LogP contribution in [0.4, 0.5) is 4.79 Å². The second-order valence-corrected chi connectivity index (χ2v) is 5.10. The lowest BCUT2D eigenvalue weighted by Gasteiger charge is -2.23. The topological polar surface area (TPSA) is 58.6 Å². The summed E-state index contributed by atoms with van der Waals surface area (Å²) in [5, 5.41) is 2.85. The third kappa shape index (κ3) is 1.27. The Morgan fingerprint density at radius 2 is 2.12 bits per heavy atom. The van der Waals surface area contributed by atoms with Crippen molar-refractivity contribution < 1.29 is 14.3 Å². The molecule has 1 aliphatic carbocycles. The number of amides is 3. The molecule has 1 N–H and O–H groups in total. The summed E-state index contributed by atoms with van der Waals surface area (Å²) in [6.07, 6.45) is 2.84. The van der Waals surface area contributed by atoms with Crippen molar-refractivity contribution in [1.29, 1.82) is 0 Å². The van der Waals surface area contributed by atoms with E-state index < -0.39 is 5.54 Å². The highest BCUT2D eigenvalue weighted by Gasteiger charge is 2.57. The number of rotatable bonds is 2. The van der Waals surface area contributed by atoms with E-state index in [9.17, 15) is 9.59 Å². The number of hydrogen-bond acceptors (Lipinski definition) is 3. The Bertz CT molecular complexity index is 347. The predicted octanol–water partition coefficient (Wildman–Crippen LogP) is 0.496. The molecule has 0 radical (unpaired) electrons. The Kier molecular flexibility index (Phi) is 2.01. The summed E-state index contributed by atoms with van der Waals surface area (Å²) in [4.78, 5) is 25.5. The van der Waals surface area contributed by atoms with Crippen LogP contribution in [-0.4, -0.2) is 41.6 Å². The molecule has 2 unspecified atom stereocenters. The SMILES string of the molecule is CC1(C2CC2)NC(=O)N(C2CCOC2)C1=O. The summed E-state index contributed by atoms with van der Waals surface area (Å²) >= 11 is 0. The van der Waals surface area contributed by atoms with Crippen molar-refractivity contribution in [3.63, 3.8) is 0 Å². The lowest BCUT2D eigenvalue weighted by molar-refractivity contribution is -0.133. The van der Waals surface area contributed by atoms with Crippen LogP contribution in [0.2, 0.25) is 0 Å². The Hall–Kier alpha value is -1.10. The Morgan fingerprint density at radius 1 is 1.38 bits per heavy atom. The van der Waals surface area contributed by atoms with E-state index in [0.29, 0.717) is 19.1 Å². The minimum atomic E-state index is -0.653. The summed E-state index contributed by atoms with van der Waals surface area (Å²) < 4.78 is 5.24. The largest absolute Gasteiger partial charge is 0.379 e. The maximum atomic E-state index is 12.3. The minimum absolute atomic E-state index is 0.0597. The van der Waals surface area contributed by atoms with E-state index in [1.807, 2.05) is 6.92 Å². The van der Waals surface area contributed by atoms with Crippen LogP contribution in [0, 0.1) is 5.92 Å². The molecule has 0 aromatic heterocycles. The number of hydrogen-bond donors (Lipinski definition) is 1. The van der Waals surface area contributed by atoms with Crippen LogP contribution in [0.3, 0.4) is 0 Å². The highest BCUT2D eigenvalue weighted by molar-refractivity contribution is 6.07. The average molecular weight is 224 g/mol. The van der Waals surface area contributed by atoms with Crippen molar-refractivity contribution in [1.82, 2.24) is 10.2 Å². The third-order valence-corrected chi connectivity index (χ3v) is 3.91. The van der Waals surface area contributed by atoms with Crippen LogP contribution < -0.4 is 5.32 Å². The molecule has 5 heteroatoms. The van der Waals surface area contributed by atoms with Crippen molar-refractivity contribution in [3.8, 4) is 0 Å². The molecule has 2 aliphatic heterocycles. The molecular formula is C11H16N2O3. The first-order valence-electron chi connectivity index (χ1n) is 5.86. The average Bonchev–Trinajstić information content (AvgIpc) is 2.92. The van der Waals surface area contributed by atoms with Gasteiger partial charge in [-0.3, -0.25) is 9.69 Å². The molecule has 0 bridgehead atoms. The second kappa shape index (κ2) is 3.20. The number of nitrogens with zero attached hydrogens (tertiary/aromatic N) is 1. The number of carbonyl (C=O) groups is 2. The monoisotopic (exact) mass is 224 g/mol. The van der Waals surface area contributed by atoms with Crippen molar-refractivity contribution >= 4 is 11.9 Å². The molecule has 3 amide bonds. The summed E-state index contributed by atoms with van der Waals surface area (Å²) in [5.41, 5.74) is -0.653. The van der Waals surface area contributed by atoms with Crippen molar-refractivity contribution in [2.45, 2.75) is 37.8 Å². The van der Waals surface area contributed by atoms with Crippen molar-refractivity contribution in [3.05, 3.63) is 0 Å². The number of nitrogens with one attached hydrogen (secondary N) is 1. The van der Waals surface area contributed by atoms with E-state index in [2.05, 4.69) is 5.32 Å². The van der Waals surface area contributed by atoms with E-state index in [4.69, 9.17) is 4.74 Å². The van der Waals surface area contributed by atoms with E-state index >= 15 is 0 Å². The highest BCUT2D eigenvalue weighted by atomic mass is 16.5. The van der Waals surface area contributed by atoms with Crippen LogP contribution in [0.25, 0.3) is 0 Å². The van der Waals surface area contributed by atoms with Gasteiger partial charge in [0.1, 0.15) is 5.54 Å². The maximum Gasteiger partial charge on any atom is 0.325 e. The molecule has 2 atom stereocenters. The van der Waals surface area contributed by atoms with Gasteiger partial charge in [0.2, 0.25) is 0 Å². The molecule has 3 fully saturated rings. The normalized spacial score (nSPS) is 39.3. The number of carbonyl (C=O) groups excluding carboxylic acids is 2. The van der Waals surface area contributed by atoms with Crippen LogP contribution in [0.1, 0.15) is 26.2 Å². The zero-order valence-electron chi connectivity index (χ0n) is 9.36. The van der Waals surface area contributed by atoms with Gasteiger partial charge in [-0.1, -0.05) is 0 Å². The lowest BCUT2D eigenvalue weighted by Crippen LogP contribution is -2.47. The fourth-order valence-electron chi connectivity index (χ4n) is 2.67. The number of ether oxygens (including phenoxy) is 1. The first kappa shape index (κ1) is 10.1. The number of imide groups is 1. The molecule has 5 nitrogen and oxygen atoms in total. The molecular weight excluding hydrogens is 208 g/mol. The summed E-state index contributed by atoms with van der Waals surface area (Å²) in [5.74, 6) is 0.270. The molecule has 88 valence electrons. The van der Waals surface area contributed by atoms with E-state index in [-0.39, 0.29) is 18.0 Å². The second-order valence-electron chi connectivity index (χ2n) is 5.10. The summed E-state index contributed by atoms with van der Waals surface area (Å²) in [6.45, 7) is 2.97. The van der Waals surface area contributed by atoms with E-state index in [1.54, 1.807) is 0 Å². The van der Waals surface area contributed by atoms with Gasteiger partial charge in [0.15, 0.2) is 0 Å². The van der Waals surface area contributed by atoms with Crippen LogP contribution in [0.15, 0.2) is 0 Å².